The maximum atomic E-state index is 14.1. The zero-order chi connectivity index (χ0) is 27.6. The lowest BCUT2D eigenvalue weighted by Crippen LogP contribution is -2.33. The predicted molar refractivity (Wildman–Crippen MR) is 151 cm³/mol. The summed E-state index contributed by atoms with van der Waals surface area (Å²) in [6.07, 6.45) is 4.88. The van der Waals surface area contributed by atoms with Crippen LogP contribution in [0.2, 0.25) is 0 Å². The van der Waals surface area contributed by atoms with E-state index in [1.54, 1.807) is 55.8 Å². The van der Waals surface area contributed by atoms with Gasteiger partial charge in [0.2, 0.25) is 0 Å². The van der Waals surface area contributed by atoms with Gasteiger partial charge in [0.05, 0.1) is 22.6 Å². The van der Waals surface area contributed by atoms with E-state index in [1.165, 1.54) is 9.08 Å². The van der Waals surface area contributed by atoms with E-state index in [1.807, 2.05) is 42.5 Å². The maximum absolute atomic E-state index is 14.1. The number of nitrogens with one attached hydrogen (secondary N) is 1. The third kappa shape index (κ3) is 4.41. The van der Waals surface area contributed by atoms with Crippen LogP contribution in [0.3, 0.4) is 0 Å². The Balaban J connectivity index is 1.48. The fourth-order valence-electron chi connectivity index (χ4n) is 4.49. The first-order valence-electron chi connectivity index (χ1n) is 12.4. The van der Waals surface area contributed by atoms with Crippen LogP contribution in [0.4, 0.5) is 5.82 Å². The van der Waals surface area contributed by atoms with Crippen LogP contribution in [-0.2, 0) is 0 Å². The highest BCUT2D eigenvalue weighted by Gasteiger charge is 2.24. The number of rotatable bonds is 4. The number of amides is 1. The summed E-state index contributed by atoms with van der Waals surface area (Å²) in [6.45, 7) is 1.75. The van der Waals surface area contributed by atoms with Gasteiger partial charge < -0.3 is 11.1 Å². The van der Waals surface area contributed by atoms with Crippen LogP contribution in [0.1, 0.15) is 40.4 Å². The Morgan fingerprint density at radius 2 is 1.75 bits per heavy atom. The van der Waals surface area contributed by atoms with Gasteiger partial charge in [0.25, 0.3) is 11.5 Å². The molecule has 6 aromatic rings. The zero-order valence-electron chi connectivity index (χ0n) is 21.3. The SMILES string of the molecule is C[C@H](NC(=O)c1c(N)nn2cccnc12)c1nc2cccc(C#Cc3ccccn3)c2c(=O)n1-c1ccccc1. The molecule has 0 fully saturated rings. The summed E-state index contributed by atoms with van der Waals surface area (Å²) in [6, 6.07) is 20.9. The van der Waals surface area contributed by atoms with Gasteiger partial charge in [-0.3, -0.25) is 14.2 Å². The Bertz CT molecular complexity index is 2000. The molecule has 0 radical (unpaired) electrons. The molecule has 4 heterocycles. The minimum absolute atomic E-state index is 0.0476. The molecule has 1 atom stereocenters. The first-order chi connectivity index (χ1) is 19.5. The molecule has 0 unspecified atom stereocenters. The molecule has 10 nitrogen and oxygen atoms in total. The smallest absolute Gasteiger partial charge is 0.267 e. The fraction of sp³-hybridized carbons (Fsp3) is 0.0667. The van der Waals surface area contributed by atoms with E-state index in [-0.39, 0.29) is 16.9 Å². The number of hydrogen-bond acceptors (Lipinski definition) is 7. The number of benzene rings is 2. The van der Waals surface area contributed by atoms with Crippen molar-refractivity contribution < 1.29 is 4.79 Å². The van der Waals surface area contributed by atoms with Crippen molar-refractivity contribution in [2.75, 3.05) is 5.73 Å². The van der Waals surface area contributed by atoms with E-state index < -0.39 is 11.9 Å². The Kier molecular flexibility index (Phi) is 6.22. The van der Waals surface area contributed by atoms with E-state index in [0.717, 1.165) is 0 Å². The van der Waals surface area contributed by atoms with Gasteiger partial charge in [0.15, 0.2) is 11.5 Å². The number of nitrogens with two attached hydrogens (primary N) is 1. The average Bonchev–Trinajstić information content (AvgIpc) is 3.32. The molecule has 3 N–H and O–H groups in total. The molecular formula is C30H22N8O2. The van der Waals surface area contributed by atoms with Gasteiger partial charge in [0.1, 0.15) is 17.1 Å². The molecular weight excluding hydrogens is 504 g/mol. The van der Waals surface area contributed by atoms with Gasteiger partial charge in [0, 0.05) is 24.2 Å². The van der Waals surface area contributed by atoms with Crippen molar-refractivity contribution in [3.05, 3.63) is 124 Å². The van der Waals surface area contributed by atoms with Gasteiger partial charge in [-0.2, -0.15) is 0 Å². The van der Waals surface area contributed by atoms with Crippen LogP contribution in [0.15, 0.2) is 96.2 Å². The standard InChI is InChI=1S/C30H22N8O2/c1-19(34-29(39)25-26(31)36-37-18-8-17-33-28(25)37)27-35-23-13-7-9-20(14-15-21-10-5-6-16-32-21)24(23)30(40)38(27)22-11-3-2-4-12-22/h2-13,16-19H,1H3,(H2,31,36)(H,34,39)/t19-/m0/s1. The highest BCUT2D eigenvalue weighted by Crippen LogP contribution is 2.22. The van der Waals surface area contributed by atoms with Crippen molar-refractivity contribution in [3.63, 3.8) is 0 Å². The van der Waals surface area contributed by atoms with E-state index in [0.29, 0.717) is 39.3 Å². The summed E-state index contributed by atoms with van der Waals surface area (Å²) >= 11 is 0. The topological polar surface area (TPSA) is 133 Å². The Hall–Kier alpha value is -5.82. The number of anilines is 1. The number of nitrogen functional groups attached to an aromatic ring is 1. The van der Waals surface area contributed by atoms with E-state index >= 15 is 0 Å². The largest absolute Gasteiger partial charge is 0.381 e. The van der Waals surface area contributed by atoms with Gasteiger partial charge in [-0.05, 0) is 55.3 Å². The molecule has 0 saturated carbocycles. The third-order valence-electron chi connectivity index (χ3n) is 6.31. The van der Waals surface area contributed by atoms with Crippen LogP contribution in [0.5, 0.6) is 0 Å². The predicted octanol–water partition coefficient (Wildman–Crippen LogP) is 3.30. The number of carbonyl (C=O) groups is 1. The normalized spacial score (nSPS) is 11.6. The minimum atomic E-state index is -0.689. The van der Waals surface area contributed by atoms with Crippen LogP contribution < -0.4 is 16.6 Å². The maximum Gasteiger partial charge on any atom is 0.267 e. The Labute approximate surface area is 228 Å². The molecule has 0 aliphatic heterocycles. The van der Waals surface area contributed by atoms with Crippen LogP contribution in [0.25, 0.3) is 22.2 Å². The second kappa shape index (κ2) is 10.2. The number of hydrogen-bond donors (Lipinski definition) is 2. The first kappa shape index (κ1) is 24.5. The lowest BCUT2D eigenvalue weighted by molar-refractivity contribution is 0.0940. The van der Waals surface area contributed by atoms with Crippen LogP contribution in [-0.4, -0.2) is 35.0 Å². The Morgan fingerprint density at radius 3 is 2.55 bits per heavy atom. The number of carbonyl (C=O) groups excluding carboxylic acids is 1. The monoisotopic (exact) mass is 526 g/mol. The van der Waals surface area contributed by atoms with Crippen molar-refractivity contribution in [2.24, 2.45) is 0 Å². The number of aromatic nitrogens is 6. The summed E-state index contributed by atoms with van der Waals surface area (Å²) in [5.74, 6) is 6.01. The van der Waals surface area contributed by atoms with E-state index in [4.69, 9.17) is 10.7 Å². The summed E-state index contributed by atoms with van der Waals surface area (Å²) in [5.41, 5.74) is 8.39. The first-order valence-corrected chi connectivity index (χ1v) is 12.4. The van der Waals surface area contributed by atoms with Crippen molar-refractivity contribution >= 4 is 28.3 Å². The molecule has 40 heavy (non-hydrogen) atoms. The number of nitrogens with zero attached hydrogens (tertiary/aromatic N) is 6. The van der Waals surface area contributed by atoms with E-state index in [9.17, 15) is 9.59 Å². The van der Waals surface area contributed by atoms with Gasteiger partial charge in [-0.15, -0.1) is 5.10 Å². The molecule has 6 rings (SSSR count). The van der Waals surface area contributed by atoms with Gasteiger partial charge in [-0.25, -0.2) is 19.5 Å². The molecule has 0 spiro atoms. The molecule has 0 bridgehead atoms. The molecule has 4 aromatic heterocycles. The molecule has 0 aliphatic carbocycles. The lowest BCUT2D eigenvalue weighted by atomic mass is 10.1. The van der Waals surface area contributed by atoms with Crippen molar-refractivity contribution in [1.29, 1.82) is 0 Å². The lowest BCUT2D eigenvalue weighted by Gasteiger charge is -2.20. The average molecular weight is 527 g/mol. The van der Waals surface area contributed by atoms with Crippen molar-refractivity contribution in [3.8, 4) is 17.5 Å². The Morgan fingerprint density at radius 1 is 0.950 bits per heavy atom. The van der Waals surface area contributed by atoms with E-state index in [2.05, 4.69) is 32.2 Å². The summed E-state index contributed by atoms with van der Waals surface area (Å²) in [7, 11) is 0. The molecule has 0 saturated heterocycles. The zero-order valence-corrected chi connectivity index (χ0v) is 21.3. The molecule has 2 aromatic carbocycles. The minimum Gasteiger partial charge on any atom is -0.381 e. The van der Waals surface area contributed by atoms with Crippen molar-refractivity contribution in [2.45, 2.75) is 13.0 Å². The second-order valence-electron chi connectivity index (χ2n) is 8.95. The molecule has 194 valence electrons. The highest BCUT2D eigenvalue weighted by molar-refractivity contribution is 6.04. The highest BCUT2D eigenvalue weighted by atomic mass is 16.2. The summed E-state index contributed by atoms with van der Waals surface area (Å²) < 4.78 is 2.94. The molecule has 10 heteroatoms. The number of fused-ring (bicyclic) bond motifs is 2. The van der Waals surface area contributed by atoms with Crippen LogP contribution >= 0.6 is 0 Å². The molecule has 0 aliphatic rings. The summed E-state index contributed by atoms with van der Waals surface area (Å²) in [4.78, 5) is 40.8. The fourth-order valence-corrected chi connectivity index (χ4v) is 4.49. The molecule has 1 amide bonds. The quantitative estimate of drug-likeness (QED) is 0.337. The second-order valence-corrected chi connectivity index (χ2v) is 8.95. The number of para-hydroxylation sites is 1. The third-order valence-corrected chi connectivity index (χ3v) is 6.31. The van der Waals surface area contributed by atoms with Gasteiger partial charge >= 0.3 is 0 Å². The number of pyridine rings is 1. The van der Waals surface area contributed by atoms with Crippen molar-refractivity contribution in [1.82, 2.24) is 34.4 Å². The van der Waals surface area contributed by atoms with Crippen LogP contribution in [0, 0.1) is 11.8 Å². The van der Waals surface area contributed by atoms with Gasteiger partial charge in [-0.1, -0.05) is 36.3 Å². The summed E-state index contributed by atoms with van der Waals surface area (Å²) in [5, 5.41) is 7.46.